The highest BCUT2D eigenvalue weighted by Gasteiger charge is 2.45. The normalized spacial score (nSPS) is 25.0. The molecule has 0 spiro atoms. The Morgan fingerprint density at radius 2 is 1.52 bits per heavy atom. The quantitative estimate of drug-likeness (QED) is 0.490. The molecule has 0 aromatic carbocycles. The van der Waals surface area contributed by atoms with Crippen molar-refractivity contribution in [1.29, 1.82) is 0 Å². The van der Waals surface area contributed by atoms with E-state index in [1.165, 1.54) is 27.7 Å². The Kier molecular flexibility index (Phi) is 8.12. The SMILES string of the molecule is CN(C)C(=O)[C@@H]1OC(/C=C/CCCC2SCCS2)O[C@H]1C(=O)N(C)C. The van der Waals surface area contributed by atoms with E-state index < -0.39 is 18.5 Å². The third-order valence-electron chi connectivity index (χ3n) is 4.00. The first kappa shape index (κ1) is 20.6. The van der Waals surface area contributed by atoms with E-state index in [9.17, 15) is 9.59 Å². The molecule has 0 unspecified atom stereocenters. The van der Waals surface area contributed by atoms with Crippen molar-refractivity contribution in [2.45, 2.75) is 42.3 Å². The second kappa shape index (κ2) is 9.85. The van der Waals surface area contributed by atoms with E-state index in [-0.39, 0.29) is 11.8 Å². The van der Waals surface area contributed by atoms with Gasteiger partial charge in [-0.25, -0.2) is 0 Å². The summed E-state index contributed by atoms with van der Waals surface area (Å²) in [5.41, 5.74) is 0. The zero-order valence-corrected chi connectivity index (χ0v) is 17.0. The maximum Gasteiger partial charge on any atom is 0.254 e. The Morgan fingerprint density at radius 3 is 2.00 bits per heavy atom. The van der Waals surface area contributed by atoms with Gasteiger partial charge >= 0.3 is 0 Å². The van der Waals surface area contributed by atoms with Gasteiger partial charge in [0, 0.05) is 39.7 Å². The standard InChI is InChI=1S/C17H28N2O4S2/c1-18(2)16(20)14-15(17(21)19(3)4)23-12(22-14)8-6-5-7-9-13-24-10-11-25-13/h6,8,12-15H,5,7,9-11H2,1-4H3/b8-6+/t14-,15-/m1/s1. The first-order valence-corrected chi connectivity index (χ1v) is 10.6. The van der Waals surface area contributed by atoms with Gasteiger partial charge in [-0.2, -0.15) is 0 Å². The number of carbonyl (C=O) groups is 2. The molecule has 2 atom stereocenters. The molecule has 0 N–H and O–H groups in total. The lowest BCUT2D eigenvalue weighted by atomic mass is 10.1. The Bertz CT molecular complexity index is 465. The number of rotatable bonds is 7. The number of nitrogens with zero attached hydrogens (tertiary/aromatic N) is 2. The number of ether oxygens (including phenoxy) is 2. The molecule has 2 amide bonds. The summed E-state index contributed by atoms with van der Waals surface area (Å²) in [6, 6.07) is 0. The van der Waals surface area contributed by atoms with Crippen LogP contribution in [-0.2, 0) is 19.1 Å². The van der Waals surface area contributed by atoms with E-state index >= 15 is 0 Å². The number of carbonyl (C=O) groups excluding carboxylic acids is 2. The summed E-state index contributed by atoms with van der Waals surface area (Å²) < 4.78 is 12.1. The Hall–Kier alpha value is -0.700. The van der Waals surface area contributed by atoms with Crippen LogP contribution in [0.5, 0.6) is 0 Å². The molecular weight excluding hydrogens is 360 g/mol. The first-order valence-electron chi connectivity index (χ1n) is 8.53. The average molecular weight is 389 g/mol. The molecule has 2 heterocycles. The van der Waals surface area contributed by atoms with Crippen LogP contribution < -0.4 is 0 Å². The molecule has 2 aliphatic rings. The molecule has 25 heavy (non-hydrogen) atoms. The van der Waals surface area contributed by atoms with Gasteiger partial charge < -0.3 is 19.3 Å². The topological polar surface area (TPSA) is 59.1 Å². The number of thioether (sulfide) groups is 2. The molecule has 2 fully saturated rings. The van der Waals surface area contributed by atoms with Crippen molar-refractivity contribution in [1.82, 2.24) is 9.80 Å². The summed E-state index contributed by atoms with van der Waals surface area (Å²) >= 11 is 4.09. The number of unbranched alkanes of at least 4 members (excludes halogenated alkanes) is 1. The predicted molar refractivity (Wildman–Crippen MR) is 103 cm³/mol. The second-order valence-corrected chi connectivity index (χ2v) is 9.40. The summed E-state index contributed by atoms with van der Waals surface area (Å²) in [6.45, 7) is 0. The summed E-state index contributed by atoms with van der Waals surface area (Å²) in [6.07, 6.45) is 4.65. The minimum absolute atomic E-state index is 0.258. The molecule has 0 aromatic heterocycles. The van der Waals surface area contributed by atoms with Crippen LogP contribution in [0.25, 0.3) is 0 Å². The van der Waals surface area contributed by atoms with Crippen LogP contribution in [0.15, 0.2) is 12.2 Å². The molecule has 2 aliphatic heterocycles. The first-order chi connectivity index (χ1) is 11.9. The van der Waals surface area contributed by atoms with Crippen molar-refractivity contribution in [3.05, 3.63) is 12.2 Å². The van der Waals surface area contributed by atoms with Gasteiger partial charge in [0.05, 0.1) is 4.58 Å². The highest BCUT2D eigenvalue weighted by Crippen LogP contribution is 2.35. The van der Waals surface area contributed by atoms with Gasteiger partial charge in [0.2, 0.25) is 0 Å². The molecule has 2 saturated heterocycles. The minimum atomic E-state index is -0.897. The number of hydrogen-bond acceptors (Lipinski definition) is 6. The smallest absolute Gasteiger partial charge is 0.254 e. The van der Waals surface area contributed by atoms with Crippen molar-refractivity contribution in [3.8, 4) is 0 Å². The zero-order chi connectivity index (χ0) is 18.4. The van der Waals surface area contributed by atoms with Crippen LogP contribution in [-0.4, -0.2) is 84.4 Å². The van der Waals surface area contributed by atoms with Gasteiger partial charge in [-0.3, -0.25) is 9.59 Å². The third kappa shape index (κ3) is 5.91. The van der Waals surface area contributed by atoms with Crippen molar-refractivity contribution in [2.24, 2.45) is 0 Å². The van der Waals surface area contributed by atoms with Crippen LogP contribution in [0.1, 0.15) is 19.3 Å². The lowest BCUT2D eigenvalue weighted by molar-refractivity contribution is -0.146. The van der Waals surface area contributed by atoms with E-state index in [2.05, 4.69) is 0 Å². The highest BCUT2D eigenvalue weighted by molar-refractivity contribution is 8.20. The molecule has 2 rings (SSSR count). The average Bonchev–Trinajstić information content (AvgIpc) is 3.22. The van der Waals surface area contributed by atoms with Crippen molar-refractivity contribution in [2.75, 3.05) is 39.7 Å². The zero-order valence-electron chi connectivity index (χ0n) is 15.3. The van der Waals surface area contributed by atoms with Gasteiger partial charge in [-0.15, -0.1) is 23.5 Å². The van der Waals surface area contributed by atoms with Gasteiger partial charge in [0.15, 0.2) is 18.5 Å². The number of hydrogen-bond donors (Lipinski definition) is 0. The van der Waals surface area contributed by atoms with Gasteiger partial charge in [0.1, 0.15) is 0 Å². The fourth-order valence-electron chi connectivity index (χ4n) is 2.62. The number of allylic oxidation sites excluding steroid dienone is 1. The lowest BCUT2D eigenvalue weighted by Crippen LogP contribution is -2.47. The van der Waals surface area contributed by atoms with E-state index in [1.807, 2.05) is 35.7 Å². The van der Waals surface area contributed by atoms with Crippen molar-refractivity contribution in [3.63, 3.8) is 0 Å². The van der Waals surface area contributed by atoms with Crippen LogP contribution in [0.2, 0.25) is 0 Å². The summed E-state index contributed by atoms with van der Waals surface area (Å²) in [5.74, 6) is 2.01. The van der Waals surface area contributed by atoms with E-state index in [1.54, 1.807) is 28.2 Å². The van der Waals surface area contributed by atoms with E-state index in [4.69, 9.17) is 9.47 Å². The van der Waals surface area contributed by atoms with Gasteiger partial charge in [0.25, 0.3) is 11.8 Å². The molecule has 8 heteroatoms. The number of likely N-dealkylation sites (N-methyl/N-ethyl adjacent to an activating group) is 2. The molecule has 0 radical (unpaired) electrons. The predicted octanol–water partition coefficient (Wildman–Crippen LogP) is 1.81. The van der Waals surface area contributed by atoms with Gasteiger partial charge in [-0.1, -0.05) is 6.08 Å². The molecule has 0 bridgehead atoms. The largest absolute Gasteiger partial charge is 0.346 e. The fraction of sp³-hybridized carbons (Fsp3) is 0.765. The number of amides is 2. The second-order valence-electron chi connectivity index (χ2n) is 6.48. The molecule has 0 aliphatic carbocycles. The van der Waals surface area contributed by atoms with E-state index in [0.29, 0.717) is 0 Å². The lowest BCUT2D eigenvalue weighted by Gasteiger charge is -2.21. The highest BCUT2D eigenvalue weighted by atomic mass is 32.2. The summed E-state index contributed by atoms with van der Waals surface area (Å²) in [4.78, 5) is 27.4. The van der Waals surface area contributed by atoms with E-state index in [0.717, 1.165) is 17.4 Å². The Balaban J connectivity index is 1.85. The van der Waals surface area contributed by atoms with Crippen LogP contribution in [0, 0.1) is 0 Å². The monoisotopic (exact) mass is 388 g/mol. The minimum Gasteiger partial charge on any atom is -0.346 e. The summed E-state index contributed by atoms with van der Waals surface area (Å²) in [7, 11) is 6.58. The fourth-order valence-corrected chi connectivity index (χ4v) is 5.55. The summed E-state index contributed by atoms with van der Waals surface area (Å²) in [5, 5.41) is 0. The third-order valence-corrected chi connectivity index (χ3v) is 7.17. The molecule has 0 aromatic rings. The molecule has 6 nitrogen and oxygen atoms in total. The maximum atomic E-state index is 12.3. The van der Waals surface area contributed by atoms with Gasteiger partial charge in [-0.05, 0) is 25.3 Å². The van der Waals surface area contributed by atoms with Crippen LogP contribution >= 0.6 is 23.5 Å². The molecular formula is C17H28N2O4S2. The van der Waals surface area contributed by atoms with Crippen LogP contribution in [0.3, 0.4) is 0 Å². The van der Waals surface area contributed by atoms with Crippen molar-refractivity contribution >= 4 is 35.3 Å². The van der Waals surface area contributed by atoms with Crippen LogP contribution in [0.4, 0.5) is 0 Å². The molecule has 142 valence electrons. The van der Waals surface area contributed by atoms with Crippen molar-refractivity contribution < 1.29 is 19.1 Å². The Labute approximate surface area is 158 Å². The maximum absolute atomic E-state index is 12.3. The molecule has 0 saturated carbocycles. The Morgan fingerprint density at radius 1 is 1.00 bits per heavy atom.